The standard InChI is InChI=1S/C19H15ClN2O4/c1-12-10-13(20)6-7-14(12)21-17(23)11-25-19(24)9-8-18-22-15-4-2-3-5-16(15)26-18/h2-10H,11H2,1H3,(H,21,23)/b9-8+. The van der Waals surface area contributed by atoms with Gasteiger partial charge in [0.25, 0.3) is 5.91 Å². The van der Waals surface area contributed by atoms with Gasteiger partial charge >= 0.3 is 5.97 Å². The average Bonchev–Trinajstić information content (AvgIpc) is 3.03. The van der Waals surface area contributed by atoms with E-state index in [9.17, 15) is 9.59 Å². The lowest BCUT2D eigenvalue weighted by Gasteiger charge is -2.08. The second-order valence-corrected chi connectivity index (χ2v) is 5.90. The molecule has 0 spiro atoms. The Kier molecular flexibility index (Phi) is 5.34. The molecular weight excluding hydrogens is 356 g/mol. The van der Waals surface area contributed by atoms with Crippen LogP contribution in [-0.4, -0.2) is 23.5 Å². The number of aryl methyl sites for hydroxylation is 1. The molecule has 1 aromatic heterocycles. The lowest BCUT2D eigenvalue weighted by atomic mass is 10.2. The molecule has 132 valence electrons. The molecule has 0 fully saturated rings. The lowest BCUT2D eigenvalue weighted by molar-refractivity contribution is -0.142. The molecule has 2 aromatic carbocycles. The van der Waals surface area contributed by atoms with E-state index in [1.54, 1.807) is 30.3 Å². The van der Waals surface area contributed by atoms with Crippen LogP contribution in [0.2, 0.25) is 5.02 Å². The molecule has 0 aliphatic rings. The Labute approximate surface area is 154 Å². The van der Waals surface area contributed by atoms with Gasteiger partial charge in [-0.1, -0.05) is 23.7 Å². The van der Waals surface area contributed by atoms with Crippen molar-refractivity contribution in [1.29, 1.82) is 0 Å². The van der Waals surface area contributed by atoms with Crippen LogP contribution >= 0.6 is 11.6 Å². The van der Waals surface area contributed by atoms with Gasteiger partial charge in [0, 0.05) is 22.9 Å². The minimum absolute atomic E-state index is 0.282. The van der Waals surface area contributed by atoms with E-state index in [0.29, 0.717) is 21.8 Å². The summed E-state index contributed by atoms with van der Waals surface area (Å²) in [7, 11) is 0. The van der Waals surface area contributed by atoms with Crippen molar-refractivity contribution in [3.63, 3.8) is 0 Å². The number of halogens is 1. The van der Waals surface area contributed by atoms with Gasteiger partial charge in [0.05, 0.1) is 0 Å². The fraction of sp³-hybridized carbons (Fsp3) is 0.105. The number of para-hydroxylation sites is 2. The number of benzene rings is 2. The van der Waals surface area contributed by atoms with E-state index in [2.05, 4.69) is 10.3 Å². The van der Waals surface area contributed by atoms with Gasteiger partial charge in [-0.25, -0.2) is 9.78 Å². The summed E-state index contributed by atoms with van der Waals surface area (Å²) in [5.74, 6) is -0.835. The summed E-state index contributed by atoms with van der Waals surface area (Å²) in [4.78, 5) is 27.8. The van der Waals surface area contributed by atoms with Crippen LogP contribution in [0.5, 0.6) is 0 Å². The number of nitrogens with one attached hydrogen (secondary N) is 1. The summed E-state index contributed by atoms with van der Waals surface area (Å²) >= 11 is 5.86. The zero-order chi connectivity index (χ0) is 18.5. The third kappa shape index (κ3) is 4.49. The summed E-state index contributed by atoms with van der Waals surface area (Å²) in [5.41, 5.74) is 2.74. The van der Waals surface area contributed by atoms with Gasteiger partial charge in [-0.2, -0.15) is 0 Å². The zero-order valence-electron chi connectivity index (χ0n) is 13.9. The first kappa shape index (κ1) is 17.7. The van der Waals surface area contributed by atoms with Crippen LogP contribution in [0.4, 0.5) is 5.69 Å². The molecule has 3 rings (SSSR count). The van der Waals surface area contributed by atoms with Crippen molar-refractivity contribution in [2.24, 2.45) is 0 Å². The molecule has 0 aliphatic carbocycles. The first-order valence-corrected chi connectivity index (χ1v) is 8.15. The van der Waals surface area contributed by atoms with Crippen molar-refractivity contribution >= 4 is 46.3 Å². The van der Waals surface area contributed by atoms with Crippen LogP contribution < -0.4 is 5.32 Å². The smallest absolute Gasteiger partial charge is 0.331 e. The van der Waals surface area contributed by atoms with Crippen LogP contribution in [0, 0.1) is 6.92 Å². The number of nitrogens with zero attached hydrogens (tertiary/aromatic N) is 1. The van der Waals surface area contributed by atoms with Gasteiger partial charge in [0.1, 0.15) is 5.52 Å². The van der Waals surface area contributed by atoms with Crippen molar-refractivity contribution in [2.45, 2.75) is 6.92 Å². The number of esters is 1. The number of amides is 1. The monoisotopic (exact) mass is 370 g/mol. The SMILES string of the molecule is Cc1cc(Cl)ccc1NC(=O)COC(=O)/C=C/c1nc2ccccc2o1. The molecule has 0 bridgehead atoms. The predicted octanol–water partition coefficient (Wildman–Crippen LogP) is 3.98. The molecule has 0 radical (unpaired) electrons. The van der Waals surface area contributed by atoms with Crippen LogP contribution in [0.15, 0.2) is 53.0 Å². The number of rotatable bonds is 5. The number of fused-ring (bicyclic) bond motifs is 1. The van der Waals surface area contributed by atoms with Crippen LogP contribution in [0.25, 0.3) is 17.2 Å². The highest BCUT2D eigenvalue weighted by Crippen LogP contribution is 2.19. The van der Waals surface area contributed by atoms with E-state index in [1.165, 1.54) is 6.08 Å². The van der Waals surface area contributed by atoms with Crippen molar-refractivity contribution in [3.05, 3.63) is 65.0 Å². The molecule has 0 atom stereocenters. The summed E-state index contributed by atoms with van der Waals surface area (Å²) in [6.07, 6.45) is 2.55. The third-order valence-corrected chi connectivity index (χ3v) is 3.72. The largest absolute Gasteiger partial charge is 0.452 e. The lowest BCUT2D eigenvalue weighted by Crippen LogP contribution is -2.20. The Bertz CT molecular complexity index is 961. The number of aromatic nitrogens is 1. The molecule has 0 saturated carbocycles. The fourth-order valence-electron chi connectivity index (χ4n) is 2.24. The molecule has 6 nitrogen and oxygen atoms in total. The number of oxazole rings is 1. The van der Waals surface area contributed by atoms with Gasteiger partial charge in [-0.15, -0.1) is 0 Å². The van der Waals surface area contributed by atoms with E-state index >= 15 is 0 Å². The Morgan fingerprint density at radius 3 is 2.85 bits per heavy atom. The first-order valence-electron chi connectivity index (χ1n) is 7.78. The normalized spacial score (nSPS) is 11.0. The van der Waals surface area contributed by atoms with Crippen LogP contribution in [0.3, 0.4) is 0 Å². The Morgan fingerprint density at radius 2 is 2.08 bits per heavy atom. The average molecular weight is 371 g/mol. The molecule has 0 aliphatic heterocycles. The predicted molar refractivity (Wildman–Crippen MR) is 98.8 cm³/mol. The summed E-state index contributed by atoms with van der Waals surface area (Å²) in [6, 6.07) is 12.3. The maximum absolute atomic E-state index is 11.9. The Morgan fingerprint density at radius 1 is 1.27 bits per heavy atom. The fourth-order valence-corrected chi connectivity index (χ4v) is 2.47. The maximum atomic E-state index is 11.9. The number of hydrogen-bond donors (Lipinski definition) is 1. The van der Waals surface area contributed by atoms with E-state index in [1.807, 2.05) is 19.1 Å². The summed E-state index contributed by atoms with van der Waals surface area (Å²) < 4.78 is 10.4. The topological polar surface area (TPSA) is 81.4 Å². The van der Waals surface area contributed by atoms with Crippen LogP contribution in [-0.2, 0) is 14.3 Å². The minimum Gasteiger partial charge on any atom is -0.452 e. The van der Waals surface area contributed by atoms with Gasteiger partial charge in [0.15, 0.2) is 12.2 Å². The number of carbonyl (C=O) groups excluding carboxylic acids is 2. The molecule has 1 N–H and O–H groups in total. The summed E-state index contributed by atoms with van der Waals surface area (Å²) in [6.45, 7) is 1.41. The highest BCUT2D eigenvalue weighted by molar-refractivity contribution is 6.30. The Balaban J connectivity index is 1.52. The molecular formula is C19H15ClN2O4. The minimum atomic E-state index is -0.671. The molecule has 3 aromatic rings. The Hall–Kier alpha value is -3.12. The molecule has 0 unspecified atom stereocenters. The van der Waals surface area contributed by atoms with Gasteiger partial charge < -0.3 is 14.5 Å². The molecule has 26 heavy (non-hydrogen) atoms. The highest BCUT2D eigenvalue weighted by Gasteiger charge is 2.08. The highest BCUT2D eigenvalue weighted by atomic mass is 35.5. The van der Waals surface area contributed by atoms with Crippen molar-refractivity contribution in [3.8, 4) is 0 Å². The number of hydrogen-bond acceptors (Lipinski definition) is 5. The molecule has 1 heterocycles. The van der Waals surface area contributed by atoms with E-state index in [0.717, 1.165) is 11.6 Å². The second kappa shape index (κ2) is 7.84. The maximum Gasteiger partial charge on any atom is 0.331 e. The number of anilines is 1. The number of ether oxygens (including phenoxy) is 1. The van der Waals surface area contributed by atoms with Gasteiger partial charge in [-0.3, -0.25) is 4.79 Å². The van der Waals surface area contributed by atoms with Crippen molar-refractivity contribution < 1.29 is 18.7 Å². The van der Waals surface area contributed by atoms with E-state index in [-0.39, 0.29) is 5.89 Å². The molecule has 0 saturated heterocycles. The zero-order valence-corrected chi connectivity index (χ0v) is 14.6. The summed E-state index contributed by atoms with van der Waals surface area (Å²) in [5, 5.41) is 3.23. The molecule has 1 amide bonds. The van der Waals surface area contributed by atoms with E-state index in [4.69, 9.17) is 20.8 Å². The second-order valence-electron chi connectivity index (χ2n) is 5.47. The van der Waals surface area contributed by atoms with E-state index < -0.39 is 18.5 Å². The number of carbonyl (C=O) groups is 2. The molecule has 7 heteroatoms. The third-order valence-electron chi connectivity index (χ3n) is 3.48. The van der Waals surface area contributed by atoms with Gasteiger partial charge in [-0.05, 0) is 42.8 Å². The van der Waals surface area contributed by atoms with Gasteiger partial charge in [0.2, 0.25) is 5.89 Å². The quantitative estimate of drug-likeness (QED) is 0.542. The van der Waals surface area contributed by atoms with Crippen molar-refractivity contribution in [2.75, 3.05) is 11.9 Å². The van der Waals surface area contributed by atoms with Crippen LogP contribution in [0.1, 0.15) is 11.5 Å². The van der Waals surface area contributed by atoms with Crippen molar-refractivity contribution in [1.82, 2.24) is 4.98 Å². The first-order chi connectivity index (χ1) is 12.5.